The van der Waals surface area contributed by atoms with Crippen molar-refractivity contribution in [2.75, 3.05) is 12.1 Å². The van der Waals surface area contributed by atoms with Gasteiger partial charge in [-0.2, -0.15) is 0 Å². The number of rotatable bonds is 2. The first-order chi connectivity index (χ1) is 11.2. The third-order valence-corrected chi connectivity index (χ3v) is 5.14. The molecule has 2 atom stereocenters. The average molecular weight is 307 g/mol. The largest absolute Gasteiger partial charge is 0.272 e. The molecule has 4 rings (SSSR count). The Morgan fingerprint density at radius 1 is 1.22 bits per heavy atom. The smallest absolute Gasteiger partial charge is 0.268 e. The number of pyridine rings is 1. The Morgan fingerprint density at radius 2 is 2.09 bits per heavy atom. The molecule has 2 aromatic rings. The van der Waals surface area contributed by atoms with Gasteiger partial charge in [0, 0.05) is 24.7 Å². The maximum atomic E-state index is 13.1. The van der Waals surface area contributed by atoms with Crippen molar-refractivity contribution in [1.82, 2.24) is 9.99 Å². The Bertz CT molecular complexity index is 744. The van der Waals surface area contributed by atoms with Crippen molar-refractivity contribution in [2.45, 2.75) is 38.1 Å². The van der Waals surface area contributed by atoms with Gasteiger partial charge in [0.15, 0.2) is 0 Å². The van der Waals surface area contributed by atoms with E-state index in [9.17, 15) is 4.79 Å². The van der Waals surface area contributed by atoms with Crippen LogP contribution in [0.3, 0.4) is 0 Å². The zero-order chi connectivity index (χ0) is 16.0. The van der Waals surface area contributed by atoms with E-state index in [-0.39, 0.29) is 11.9 Å². The van der Waals surface area contributed by atoms with E-state index in [4.69, 9.17) is 0 Å². The molecule has 1 aromatic carbocycles. The molecule has 0 unspecified atom stereocenters. The number of hydrogen-bond acceptors (Lipinski definition) is 3. The summed E-state index contributed by atoms with van der Waals surface area (Å²) in [6, 6.07) is 12.3. The lowest BCUT2D eigenvalue weighted by Gasteiger charge is -2.43. The maximum Gasteiger partial charge on any atom is 0.272 e. The number of nitrogens with zero attached hydrogens (tertiary/aromatic N) is 3. The van der Waals surface area contributed by atoms with E-state index in [1.165, 1.54) is 17.5 Å². The number of anilines is 1. The van der Waals surface area contributed by atoms with E-state index in [1.807, 2.05) is 47.4 Å². The molecular formula is C19H21N3O. The summed E-state index contributed by atoms with van der Waals surface area (Å²) >= 11 is 0. The van der Waals surface area contributed by atoms with Crippen molar-refractivity contribution < 1.29 is 4.79 Å². The van der Waals surface area contributed by atoms with Crippen molar-refractivity contribution in [3.8, 4) is 0 Å². The van der Waals surface area contributed by atoms with Crippen LogP contribution < -0.4 is 5.01 Å². The first-order valence-corrected chi connectivity index (χ1v) is 8.25. The zero-order valence-electron chi connectivity index (χ0n) is 13.6. The number of hydrazine groups is 1. The van der Waals surface area contributed by atoms with Gasteiger partial charge in [-0.3, -0.25) is 9.80 Å². The van der Waals surface area contributed by atoms with E-state index >= 15 is 0 Å². The SMILES string of the molecule is Cc1ccc2c(c1)[C@@H]1CCC[C@@H]1N(N(C)c1ccccn1)C2=O. The summed E-state index contributed by atoms with van der Waals surface area (Å²) in [5.41, 5.74) is 3.32. The van der Waals surface area contributed by atoms with E-state index in [2.05, 4.69) is 18.0 Å². The van der Waals surface area contributed by atoms with Crippen molar-refractivity contribution in [1.29, 1.82) is 0 Å². The molecule has 0 bridgehead atoms. The second kappa shape index (κ2) is 5.37. The Hall–Kier alpha value is -2.36. The van der Waals surface area contributed by atoms with E-state index in [0.717, 1.165) is 24.2 Å². The lowest BCUT2D eigenvalue weighted by atomic mass is 9.85. The summed E-state index contributed by atoms with van der Waals surface area (Å²) in [4.78, 5) is 17.5. The monoisotopic (exact) mass is 307 g/mol. The molecule has 23 heavy (non-hydrogen) atoms. The third-order valence-electron chi connectivity index (χ3n) is 5.14. The van der Waals surface area contributed by atoms with Crippen molar-refractivity contribution in [3.63, 3.8) is 0 Å². The fraction of sp³-hybridized carbons (Fsp3) is 0.368. The van der Waals surface area contributed by atoms with Gasteiger partial charge in [0.2, 0.25) is 0 Å². The first-order valence-electron chi connectivity index (χ1n) is 8.25. The molecule has 2 heterocycles. The Kier molecular flexibility index (Phi) is 3.33. The van der Waals surface area contributed by atoms with Gasteiger partial charge in [0.25, 0.3) is 5.91 Å². The van der Waals surface area contributed by atoms with E-state index in [1.54, 1.807) is 6.20 Å². The van der Waals surface area contributed by atoms with Crippen LogP contribution in [-0.2, 0) is 0 Å². The second-order valence-corrected chi connectivity index (χ2v) is 6.56. The summed E-state index contributed by atoms with van der Waals surface area (Å²) in [6.45, 7) is 2.10. The molecule has 2 aliphatic rings. The number of carbonyl (C=O) groups excluding carboxylic acids is 1. The van der Waals surface area contributed by atoms with Crippen LogP contribution in [0.15, 0.2) is 42.6 Å². The number of fused-ring (bicyclic) bond motifs is 3. The molecule has 0 radical (unpaired) electrons. The van der Waals surface area contributed by atoms with Crippen LogP contribution in [0.25, 0.3) is 0 Å². The minimum atomic E-state index is 0.0938. The van der Waals surface area contributed by atoms with Crippen LogP contribution in [0.4, 0.5) is 5.82 Å². The topological polar surface area (TPSA) is 36.4 Å². The van der Waals surface area contributed by atoms with Gasteiger partial charge in [-0.25, -0.2) is 9.99 Å². The lowest BCUT2D eigenvalue weighted by molar-refractivity contribution is 0.0615. The number of aryl methyl sites for hydroxylation is 1. The van der Waals surface area contributed by atoms with Gasteiger partial charge in [-0.1, -0.05) is 30.2 Å². The van der Waals surface area contributed by atoms with Gasteiger partial charge in [-0.05, 0) is 43.5 Å². The minimum Gasteiger partial charge on any atom is -0.268 e. The molecule has 4 nitrogen and oxygen atoms in total. The highest BCUT2D eigenvalue weighted by Gasteiger charge is 2.44. The number of carbonyl (C=O) groups is 1. The second-order valence-electron chi connectivity index (χ2n) is 6.56. The molecule has 0 N–H and O–H groups in total. The third kappa shape index (κ3) is 2.21. The molecule has 1 saturated carbocycles. The summed E-state index contributed by atoms with van der Waals surface area (Å²) in [5.74, 6) is 1.34. The highest BCUT2D eigenvalue weighted by molar-refractivity contribution is 5.98. The van der Waals surface area contributed by atoms with Crippen LogP contribution in [0, 0.1) is 6.92 Å². The molecule has 0 spiro atoms. The van der Waals surface area contributed by atoms with Gasteiger partial charge in [0.05, 0.1) is 6.04 Å². The number of benzene rings is 1. The number of amides is 1. The summed E-state index contributed by atoms with van der Waals surface area (Å²) in [5, 5.41) is 3.85. The molecule has 1 aromatic heterocycles. The predicted molar refractivity (Wildman–Crippen MR) is 90.4 cm³/mol. The van der Waals surface area contributed by atoms with E-state index < -0.39 is 0 Å². The van der Waals surface area contributed by atoms with Crippen molar-refractivity contribution >= 4 is 11.7 Å². The molecule has 1 aliphatic carbocycles. The summed E-state index contributed by atoms with van der Waals surface area (Å²) < 4.78 is 0. The number of aromatic nitrogens is 1. The van der Waals surface area contributed by atoms with Crippen LogP contribution in [0.1, 0.15) is 46.7 Å². The molecule has 1 aliphatic heterocycles. The molecule has 0 saturated heterocycles. The molecule has 1 fully saturated rings. The van der Waals surface area contributed by atoms with Crippen LogP contribution in [0.5, 0.6) is 0 Å². The van der Waals surface area contributed by atoms with E-state index in [0.29, 0.717) is 5.92 Å². The average Bonchev–Trinajstić information content (AvgIpc) is 3.05. The quantitative estimate of drug-likeness (QED) is 0.851. The Labute approximate surface area is 136 Å². The molecule has 4 heteroatoms. The van der Waals surface area contributed by atoms with Crippen molar-refractivity contribution in [3.05, 3.63) is 59.3 Å². The lowest BCUT2D eigenvalue weighted by Crippen LogP contribution is -2.54. The minimum absolute atomic E-state index is 0.0938. The first kappa shape index (κ1) is 14.2. The Balaban J connectivity index is 1.79. The zero-order valence-corrected chi connectivity index (χ0v) is 13.6. The summed E-state index contributed by atoms with van der Waals surface area (Å²) in [6.07, 6.45) is 5.15. The molecular weight excluding hydrogens is 286 g/mol. The predicted octanol–water partition coefficient (Wildman–Crippen LogP) is 3.53. The van der Waals surface area contributed by atoms with Crippen LogP contribution in [0.2, 0.25) is 0 Å². The van der Waals surface area contributed by atoms with Crippen LogP contribution in [-0.4, -0.2) is 29.0 Å². The molecule has 1 amide bonds. The fourth-order valence-corrected chi connectivity index (χ4v) is 4.07. The summed E-state index contributed by atoms with van der Waals surface area (Å²) in [7, 11) is 1.94. The van der Waals surface area contributed by atoms with Gasteiger partial charge < -0.3 is 0 Å². The maximum absolute atomic E-state index is 13.1. The van der Waals surface area contributed by atoms with Gasteiger partial charge in [-0.15, -0.1) is 0 Å². The van der Waals surface area contributed by atoms with Crippen molar-refractivity contribution in [2.24, 2.45) is 0 Å². The highest BCUT2D eigenvalue weighted by Crippen LogP contribution is 2.44. The molecule has 118 valence electrons. The van der Waals surface area contributed by atoms with Gasteiger partial charge >= 0.3 is 0 Å². The van der Waals surface area contributed by atoms with Crippen LogP contribution >= 0.6 is 0 Å². The standard InChI is InChI=1S/C19H21N3O/c1-13-9-10-15-16(12-13)14-6-5-7-17(14)22(19(15)23)21(2)18-8-3-4-11-20-18/h3-4,8-12,14,17H,5-7H2,1-2H3/t14-,17-/m0/s1. The van der Waals surface area contributed by atoms with Gasteiger partial charge in [0.1, 0.15) is 5.82 Å². The number of hydrogen-bond donors (Lipinski definition) is 0. The Morgan fingerprint density at radius 3 is 2.87 bits per heavy atom. The fourth-order valence-electron chi connectivity index (χ4n) is 4.07. The highest BCUT2D eigenvalue weighted by atomic mass is 16.2. The normalized spacial score (nSPS) is 22.7.